The molecule has 1 amide bonds. The number of hydrogen-bond acceptors (Lipinski definition) is 3. The molecule has 0 saturated carbocycles. The van der Waals surface area contributed by atoms with E-state index < -0.39 is 17.7 Å². The topological polar surface area (TPSA) is 42.0 Å². The number of rotatable bonds is 4. The van der Waals surface area contributed by atoms with Gasteiger partial charge in [0.05, 0.1) is 11.6 Å². The Morgan fingerprint density at radius 2 is 2.10 bits per heavy atom. The number of halogens is 2. The summed E-state index contributed by atoms with van der Waals surface area (Å²) in [7, 11) is 0. The number of hydrogen-bond donors (Lipinski definition) is 1. The quantitative estimate of drug-likeness (QED) is 0.878. The van der Waals surface area contributed by atoms with Gasteiger partial charge in [0.1, 0.15) is 16.7 Å². The molecule has 0 saturated heterocycles. The molecule has 2 aromatic rings. The van der Waals surface area contributed by atoms with E-state index in [0.717, 1.165) is 6.07 Å². The van der Waals surface area contributed by atoms with Crippen LogP contribution in [0.1, 0.15) is 28.9 Å². The summed E-state index contributed by atoms with van der Waals surface area (Å²) >= 11 is 1.36. The van der Waals surface area contributed by atoms with E-state index in [1.807, 2.05) is 6.26 Å². The number of nitrogens with one attached hydrogen (secondary N) is 1. The van der Waals surface area contributed by atoms with Crippen LogP contribution in [0.3, 0.4) is 0 Å². The second-order valence-electron chi connectivity index (χ2n) is 4.42. The molecule has 0 unspecified atom stereocenters. The van der Waals surface area contributed by atoms with E-state index in [2.05, 4.69) is 10.3 Å². The molecule has 0 aliphatic rings. The Morgan fingerprint density at radius 3 is 2.76 bits per heavy atom. The average Bonchev–Trinajstić information content (AvgIpc) is 2.46. The van der Waals surface area contributed by atoms with Crippen LogP contribution in [-0.2, 0) is 0 Å². The fourth-order valence-corrected chi connectivity index (χ4v) is 2.48. The van der Waals surface area contributed by atoms with Gasteiger partial charge in [-0.3, -0.25) is 4.79 Å². The summed E-state index contributed by atoms with van der Waals surface area (Å²) in [6.45, 7) is 1.64. The number of carbonyl (C=O) groups excluding carboxylic acids is 1. The number of thioether (sulfide) groups is 1. The van der Waals surface area contributed by atoms with Crippen LogP contribution < -0.4 is 5.32 Å². The SMILES string of the molecule is CSc1ncccc1C(=O)N[C@@H](C)c1ccc(F)cc1F. The average molecular weight is 308 g/mol. The number of benzene rings is 1. The van der Waals surface area contributed by atoms with E-state index in [4.69, 9.17) is 0 Å². The van der Waals surface area contributed by atoms with Crippen molar-refractivity contribution in [2.75, 3.05) is 6.26 Å². The third kappa shape index (κ3) is 3.58. The third-order valence-corrected chi connectivity index (χ3v) is 3.70. The largest absolute Gasteiger partial charge is 0.345 e. The van der Waals surface area contributed by atoms with Gasteiger partial charge in [-0.1, -0.05) is 6.07 Å². The highest BCUT2D eigenvalue weighted by Crippen LogP contribution is 2.20. The van der Waals surface area contributed by atoms with Gasteiger partial charge in [-0.2, -0.15) is 0 Å². The summed E-state index contributed by atoms with van der Waals surface area (Å²) < 4.78 is 26.6. The summed E-state index contributed by atoms with van der Waals surface area (Å²) in [5.74, 6) is -1.67. The zero-order chi connectivity index (χ0) is 15.4. The first-order valence-electron chi connectivity index (χ1n) is 6.27. The Balaban J connectivity index is 2.19. The van der Waals surface area contributed by atoms with Crippen LogP contribution in [-0.4, -0.2) is 17.1 Å². The summed E-state index contributed by atoms with van der Waals surface area (Å²) in [4.78, 5) is 16.3. The minimum absolute atomic E-state index is 0.236. The Bertz CT molecular complexity index is 664. The van der Waals surface area contributed by atoms with Gasteiger partial charge in [0.25, 0.3) is 5.91 Å². The van der Waals surface area contributed by atoms with E-state index in [9.17, 15) is 13.6 Å². The van der Waals surface area contributed by atoms with Gasteiger partial charge in [0.15, 0.2) is 0 Å². The van der Waals surface area contributed by atoms with E-state index in [0.29, 0.717) is 10.6 Å². The highest BCUT2D eigenvalue weighted by Gasteiger charge is 2.17. The number of carbonyl (C=O) groups is 1. The van der Waals surface area contributed by atoms with Crippen LogP contribution in [0.5, 0.6) is 0 Å². The second kappa shape index (κ2) is 6.67. The predicted octanol–water partition coefficient (Wildman–Crippen LogP) is 3.57. The van der Waals surface area contributed by atoms with Crippen molar-refractivity contribution in [2.45, 2.75) is 18.0 Å². The molecular weight excluding hydrogens is 294 g/mol. The second-order valence-corrected chi connectivity index (χ2v) is 5.22. The van der Waals surface area contributed by atoms with Crippen molar-refractivity contribution >= 4 is 17.7 Å². The maximum atomic E-state index is 13.7. The Hall–Kier alpha value is -1.95. The highest BCUT2D eigenvalue weighted by atomic mass is 32.2. The molecule has 0 bridgehead atoms. The predicted molar refractivity (Wildman–Crippen MR) is 78.3 cm³/mol. The molecule has 0 radical (unpaired) electrons. The number of nitrogens with zero attached hydrogens (tertiary/aromatic N) is 1. The lowest BCUT2D eigenvalue weighted by Crippen LogP contribution is -2.27. The summed E-state index contributed by atoms with van der Waals surface area (Å²) in [6.07, 6.45) is 3.42. The lowest BCUT2D eigenvalue weighted by Gasteiger charge is -2.16. The molecule has 0 aliphatic heterocycles. The van der Waals surface area contributed by atoms with Crippen molar-refractivity contribution in [3.05, 3.63) is 59.3 Å². The molecule has 0 spiro atoms. The van der Waals surface area contributed by atoms with Gasteiger partial charge in [-0.25, -0.2) is 13.8 Å². The van der Waals surface area contributed by atoms with Crippen LogP contribution in [0.4, 0.5) is 8.78 Å². The number of pyridine rings is 1. The minimum atomic E-state index is -0.681. The number of amides is 1. The van der Waals surface area contributed by atoms with Crippen LogP contribution in [0, 0.1) is 11.6 Å². The van der Waals surface area contributed by atoms with Crippen LogP contribution in [0.2, 0.25) is 0 Å². The molecule has 1 heterocycles. The van der Waals surface area contributed by atoms with Crippen LogP contribution >= 0.6 is 11.8 Å². The van der Waals surface area contributed by atoms with E-state index >= 15 is 0 Å². The first-order valence-corrected chi connectivity index (χ1v) is 7.50. The minimum Gasteiger partial charge on any atom is -0.345 e. The number of aromatic nitrogens is 1. The first kappa shape index (κ1) is 15.4. The molecule has 1 N–H and O–H groups in total. The summed E-state index contributed by atoms with van der Waals surface area (Å²) in [5.41, 5.74) is 0.665. The molecular formula is C15H14F2N2OS. The first-order chi connectivity index (χ1) is 10.0. The molecule has 2 rings (SSSR count). The van der Waals surface area contributed by atoms with Crippen molar-refractivity contribution in [3.8, 4) is 0 Å². The molecule has 0 fully saturated rings. The van der Waals surface area contributed by atoms with Gasteiger partial charge in [0.2, 0.25) is 0 Å². The molecule has 110 valence electrons. The van der Waals surface area contributed by atoms with Gasteiger partial charge < -0.3 is 5.32 Å². The lowest BCUT2D eigenvalue weighted by atomic mass is 10.1. The van der Waals surface area contributed by atoms with Crippen molar-refractivity contribution in [2.24, 2.45) is 0 Å². The van der Waals surface area contributed by atoms with Crippen molar-refractivity contribution in [1.82, 2.24) is 10.3 Å². The Kier molecular flexibility index (Phi) is 4.90. The summed E-state index contributed by atoms with van der Waals surface area (Å²) in [5, 5.41) is 3.29. The third-order valence-electron chi connectivity index (χ3n) is 2.99. The van der Waals surface area contributed by atoms with Crippen LogP contribution in [0.25, 0.3) is 0 Å². The van der Waals surface area contributed by atoms with Gasteiger partial charge in [0, 0.05) is 17.8 Å². The molecule has 1 aromatic heterocycles. The molecule has 1 aromatic carbocycles. The van der Waals surface area contributed by atoms with E-state index in [1.54, 1.807) is 25.3 Å². The molecule has 21 heavy (non-hydrogen) atoms. The smallest absolute Gasteiger partial charge is 0.254 e. The van der Waals surface area contributed by atoms with E-state index in [1.165, 1.54) is 23.9 Å². The van der Waals surface area contributed by atoms with Crippen molar-refractivity contribution in [3.63, 3.8) is 0 Å². The Labute approximate surface area is 125 Å². The maximum Gasteiger partial charge on any atom is 0.254 e. The normalized spacial score (nSPS) is 12.0. The monoisotopic (exact) mass is 308 g/mol. The zero-order valence-electron chi connectivity index (χ0n) is 11.6. The van der Waals surface area contributed by atoms with Gasteiger partial charge in [-0.15, -0.1) is 11.8 Å². The molecule has 3 nitrogen and oxygen atoms in total. The standard InChI is InChI=1S/C15H14F2N2OS/c1-9(11-6-5-10(16)8-13(11)17)19-14(20)12-4-3-7-18-15(12)21-2/h3-9H,1-2H3,(H,19,20)/t9-/m0/s1. The van der Waals surface area contributed by atoms with Gasteiger partial charge >= 0.3 is 0 Å². The maximum absolute atomic E-state index is 13.7. The van der Waals surface area contributed by atoms with E-state index in [-0.39, 0.29) is 11.5 Å². The molecule has 0 aliphatic carbocycles. The van der Waals surface area contributed by atoms with Crippen molar-refractivity contribution in [1.29, 1.82) is 0 Å². The fraction of sp³-hybridized carbons (Fsp3) is 0.200. The van der Waals surface area contributed by atoms with Gasteiger partial charge in [-0.05, 0) is 31.4 Å². The summed E-state index contributed by atoms with van der Waals surface area (Å²) in [6, 6.07) is 6.04. The van der Waals surface area contributed by atoms with Crippen LogP contribution in [0.15, 0.2) is 41.6 Å². The molecule has 6 heteroatoms. The lowest BCUT2D eigenvalue weighted by molar-refractivity contribution is 0.0935. The Morgan fingerprint density at radius 1 is 1.33 bits per heavy atom. The zero-order valence-corrected chi connectivity index (χ0v) is 12.4. The van der Waals surface area contributed by atoms with Crippen molar-refractivity contribution < 1.29 is 13.6 Å². The highest BCUT2D eigenvalue weighted by molar-refractivity contribution is 7.98. The molecule has 1 atom stereocenters. The fourth-order valence-electron chi connectivity index (χ4n) is 1.93.